The van der Waals surface area contributed by atoms with Gasteiger partial charge >= 0.3 is 5.97 Å². The maximum Gasteiger partial charge on any atom is 0.322 e. The van der Waals surface area contributed by atoms with Crippen molar-refractivity contribution >= 4 is 17.7 Å². The van der Waals surface area contributed by atoms with Crippen LogP contribution in [0.3, 0.4) is 0 Å². The Balaban J connectivity index is 1.96. The first-order chi connectivity index (χ1) is 8.24. The zero-order chi connectivity index (χ0) is 12.5. The molecule has 0 amide bonds. The Morgan fingerprint density at radius 2 is 2.41 bits per heavy atom. The molecule has 0 aliphatic heterocycles. The van der Waals surface area contributed by atoms with E-state index in [-0.39, 0.29) is 5.97 Å². The molecule has 5 nitrogen and oxygen atoms in total. The fourth-order valence-electron chi connectivity index (χ4n) is 1.35. The summed E-state index contributed by atoms with van der Waals surface area (Å²) in [6, 6.07) is -0.485. The number of esters is 1. The summed E-state index contributed by atoms with van der Waals surface area (Å²) in [7, 11) is 1.36. The molecular weight excluding hydrogens is 238 g/mol. The minimum absolute atomic E-state index is 0.330. The number of nitrogens with zero attached hydrogens (tertiary/aromatic N) is 2. The third-order valence-corrected chi connectivity index (χ3v) is 3.44. The van der Waals surface area contributed by atoms with Gasteiger partial charge in [0.1, 0.15) is 6.04 Å². The van der Waals surface area contributed by atoms with E-state index in [1.807, 2.05) is 24.3 Å². The highest BCUT2D eigenvalue weighted by molar-refractivity contribution is 7.99. The predicted octanol–water partition coefficient (Wildman–Crippen LogP) is 0.897. The molecule has 0 saturated carbocycles. The molecule has 1 rings (SSSR count). The molecule has 1 aromatic heterocycles. The quantitative estimate of drug-likeness (QED) is 0.553. The van der Waals surface area contributed by atoms with Crippen molar-refractivity contribution in [3.8, 4) is 0 Å². The first-order valence-electron chi connectivity index (χ1n) is 5.61. The number of aryl methyl sites for hydroxylation is 1. The molecule has 0 spiro atoms. The SMILES string of the molecule is COC(=O)C(N)CCSCCCn1ccnc1. The minimum atomic E-state index is -0.485. The lowest BCUT2D eigenvalue weighted by molar-refractivity contribution is -0.142. The van der Waals surface area contributed by atoms with Crippen LogP contribution in [0.5, 0.6) is 0 Å². The van der Waals surface area contributed by atoms with Gasteiger partial charge in [-0.25, -0.2) is 4.98 Å². The molecule has 1 aromatic rings. The summed E-state index contributed by atoms with van der Waals surface area (Å²) < 4.78 is 6.61. The number of carbonyl (C=O) groups excluding carboxylic acids is 1. The fraction of sp³-hybridized carbons (Fsp3) is 0.636. The number of nitrogens with two attached hydrogens (primary N) is 1. The number of rotatable bonds is 8. The van der Waals surface area contributed by atoms with Crippen molar-refractivity contribution in [2.45, 2.75) is 25.4 Å². The van der Waals surface area contributed by atoms with Crippen LogP contribution >= 0.6 is 11.8 Å². The van der Waals surface area contributed by atoms with Crippen LogP contribution < -0.4 is 5.73 Å². The molecule has 0 saturated heterocycles. The molecule has 1 unspecified atom stereocenters. The van der Waals surface area contributed by atoms with Crippen molar-refractivity contribution in [1.82, 2.24) is 9.55 Å². The molecule has 17 heavy (non-hydrogen) atoms. The van der Waals surface area contributed by atoms with Crippen molar-refractivity contribution in [3.63, 3.8) is 0 Å². The van der Waals surface area contributed by atoms with Gasteiger partial charge in [-0.1, -0.05) is 0 Å². The smallest absolute Gasteiger partial charge is 0.322 e. The van der Waals surface area contributed by atoms with Gasteiger partial charge in [0.2, 0.25) is 0 Å². The molecule has 0 aliphatic rings. The highest BCUT2D eigenvalue weighted by Crippen LogP contribution is 2.07. The summed E-state index contributed by atoms with van der Waals surface area (Å²) in [5.74, 6) is 1.62. The lowest BCUT2D eigenvalue weighted by Crippen LogP contribution is -2.32. The summed E-state index contributed by atoms with van der Waals surface area (Å²) in [5, 5.41) is 0. The Hall–Kier alpha value is -1.01. The van der Waals surface area contributed by atoms with Crippen LogP contribution in [0.4, 0.5) is 0 Å². The van der Waals surface area contributed by atoms with Crippen molar-refractivity contribution in [2.75, 3.05) is 18.6 Å². The second kappa shape index (κ2) is 8.14. The van der Waals surface area contributed by atoms with E-state index in [4.69, 9.17) is 5.73 Å². The number of methoxy groups -OCH3 is 1. The Kier molecular flexibility index (Phi) is 6.73. The summed E-state index contributed by atoms with van der Waals surface area (Å²) in [6.07, 6.45) is 7.31. The maximum absolute atomic E-state index is 11.0. The molecule has 6 heteroatoms. The topological polar surface area (TPSA) is 70.1 Å². The number of ether oxygens (including phenoxy) is 1. The first kappa shape index (κ1) is 14.1. The summed E-state index contributed by atoms with van der Waals surface area (Å²) in [5.41, 5.74) is 5.62. The van der Waals surface area contributed by atoms with Gasteiger partial charge in [0.25, 0.3) is 0 Å². The normalized spacial score (nSPS) is 12.4. The molecule has 1 atom stereocenters. The summed E-state index contributed by atoms with van der Waals surface area (Å²) >= 11 is 1.81. The summed E-state index contributed by atoms with van der Waals surface area (Å²) in [6.45, 7) is 0.982. The highest BCUT2D eigenvalue weighted by Gasteiger charge is 2.12. The zero-order valence-electron chi connectivity index (χ0n) is 10.0. The van der Waals surface area contributed by atoms with Gasteiger partial charge in [-0.2, -0.15) is 11.8 Å². The molecule has 0 fully saturated rings. The molecule has 0 aromatic carbocycles. The van der Waals surface area contributed by atoms with Gasteiger partial charge in [-0.15, -0.1) is 0 Å². The third-order valence-electron chi connectivity index (χ3n) is 2.34. The van der Waals surface area contributed by atoms with Gasteiger partial charge in [-0.05, 0) is 24.3 Å². The van der Waals surface area contributed by atoms with E-state index >= 15 is 0 Å². The monoisotopic (exact) mass is 257 g/mol. The zero-order valence-corrected chi connectivity index (χ0v) is 10.9. The number of aromatic nitrogens is 2. The maximum atomic E-state index is 11.0. The van der Waals surface area contributed by atoms with E-state index < -0.39 is 6.04 Å². The van der Waals surface area contributed by atoms with Gasteiger partial charge in [-0.3, -0.25) is 4.79 Å². The van der Waals surface area contributed by atoms with Crippen molar-refractivity contribution < 1.29 is 9.53 Å². The van der Waals surface area contributed by atoms with Crippen LogP contribution in [-0.4, -0.2) is 40.2 Å². The Labute approximate surface area is 106 Å². The van der Waals surface area contributed by atoms with Gasteiger partial charge < -0.3 is 15.0 Å². The van der Waals surface area contributed by atoms with E-state index in [1.54, 1.807) is 6.20 Å². The molecule has 1 heterocycles. The molecule has 0 aliphatic carbocycles. The average molecular weight is 257 g/mol. The average Bonchev–Trinajstić information content (AvgIpc) is 2.85. The molecule has 2 N–H and O–H groups in total. The van der Waals surface area contributed by atoms with Crippen LogP contribution in [0.15, 0.2) is 18.7 Å². The van der Waals surface area contributed by atoms with E-state index in [0.29, 0.717) is 6.42 Å². The number of hydrogen-bond acceptors (Lipinski definition) is 5. The highest BCUT2D eigenvalue weighted by atomic mass is 32.2. The van der Waals surface area contributed by atoms with Gasteiger partial charge in [0.05, 0.1) is 13.4 Å². The number of thioether (sulfide) groups is 1. The lowest BCUT2D eigenvalue weighted by atomic mass is 10.2. The molecule has 0 bridgehead atoms. The van der Waals surface area contributed by atoms with Crippen LogP contribution in [0.25, 0.3) is 0 Å². The second-order valence-corrected chi connectivity index (χ2v) is 4.91. The molecule has 0 radical (unpaired) electrons. The van der Waals surface area contributed by atoms with Crippen molar-refractivity contribution in [1.29, 1.82) is 0 Å². The lowest BCUT2D eigenvalue weighted by Gasteiger charge is -2.08. The van der Waals surface area contributed by atoms with Crippen LogP contribution in [0.1, 0.15) is 12.8 Å². The van der Waals surface area contributed by atoms with Crippen molar-refractivity contribution in [2.24, 2.45) is 5.73 Å². The number of hydrogen-bond donors (Lipinski definition) is 1. The first-order valence-corrected chi connectivity index (χ1v) is 6.76. The predicted molar refractivity (Wildman–Crippen MR) is 68.8 cm³/mol. The van der Waals surface area contributed by atoms with Gasteiger partial charge in [0.15, 0.2) is 0 Å². The summed E-state index contributed by atoms with van der Waals surface area (Å²) in [4.78, 5) is 15.0. The third kappa shape index (κ3) is 5.74. The number of carbonyl (C=O) groups is 1. The van der Waals surface area contributed by atoms with Crippen LogP contribution in [0, 0.1) is 0 Å². The van der Waals surface area contributed by atoms with Crippen LogP contribution in [-0.2, 0) is 16.1 Å². The Morgan fingerprint density at radius 3 is 3.06 bits per heavy atom. The van der Waals surface area contributed by atoms with E-state index in [9.17, 15) is 4.79 Å². The van der Waals surface area contributed by atoms with Crippen LogP contribution in [0.2, 0.25) is 0 Å². The molecular formula is C11H19N3O2S. The minimum Gasteiger partial charge on any atom is -0.468 e. The van der Waals surface area contributed by atoms with Gasteiger partial charge in [0, 0.05) is 18.9 Å². The van der Waals surface area contributed by atoms with Crippen molar-refractivity contribution in [3.05, 3.63) is 18.7 Å². The van der Waals surface area contributed by atoms with E-state index in [2.05, 4.69) is 14.3 Å². The standard InChI is InChI=1S/C11H19N3O2S/c1-16-11(15)10(12)3-8-17-7-2-5-14-6-4-13-9-14/h4,6,9-10H,2-3,5,7-8,12H2,1H3. The number of imidazole rings is 1. The molecule has 96 valence electrons. The Morgan fingerprint density at radius 1 is 1.59 bits per heavy atom. The largest absolute Gasteiger partial charge is 0.468 e. The Bertz CT molecular complexity index is 317. The van der Waals surface area contributed by atoms with E-state index in [1.165, 1.54) is 7.11 Å². The van der Waals surface area contributed by atoms with E-state index in [0.717, 1.165) is 24.5 Å². The second-order valence-electron chi connectivity index (χ2n) is 3.68. The fourth-order valence-corrected chi connectivity index (χ4v) is 2.31.